The molecule has 0 aromatic rings. The molecule has 0 radical (unpaired) electrons. The van der Waals surface area contributed by atoms with Gasteiger partial charge in [0.25, 0.3) is 0 Å². The molecule has 11 heavy (non-hydrogen) atoms. The Bertz CT molecular complexity index is 112. The van der Waals surface area contributed by atoms with Crippen molar-refractivity contribution in [3.8, 4) is 0 Å². The molecule has 1 nitrogen and oxygen atoms in total. The van der Waals surface area contributed by atoms with E-state index in [9.17, 15) is 5.11 Å². The van der Waals surface area contributed by atoms with E-state index in [1.54, 1.807) is 0 Å². The van der Waals surface area contributed by atoms with Crippen molar-refractivity contribution in [1.29, 1.82) is 0 Å². The summed E-state index contributed by atoms with van der Waals surface area (Å²) in [5.74, 6) is 0. The zero-order valence-corrected chi connectivity index (χ0v) is 8.73. The predicted molar refractivity (Wildman–Crippen MR) is 52.8 cm³/mol. The lowest BCUT2D eigenvalue weighted by Crippen LogP contribution is -2.04. The van der Waals surface area contributed by atoms with Crippen LogP contribution in [0.2, 0.25) is 0 Å². The first-order valence-electron chi connectivity index (χ1n) is 4.20. The molecule has 0 saturated heterocycles. The molecule has 1 unspecified atom stereocenters. The molecule has 0 amide bonds. The van der Waals surface area contributed by atoms with Crippen molar-refractivity contribution < 1.29 is 5.11 Å². The topological polar surface area (TPSA) is 20.2 Å². The van der Waals surface area contributed by atoms with Crippen LogP contribution in [0.4, 0.5) is 0 Å². The smallest absolute Gasteiger partial charge is 0.0848 e. The standard InChI is InChI=1S/C9H17BrO/c1-3-4-5-6-7-9(11)8(2)10/h9,11H,2-7H2,1H3. The Kier molecular flexibility index (Phi) is 6.98. The molecule has 0 bridgehead atoms. The van der Waals surface area contributed by atoms with E-state index in [-0.39, 0.29) is 6.10 Å². The first-order valence-corrected chi connectivity index (χ1v) is 5.00. The zero-order valence-electron chi connectivity index (χ0n) is 7.15. The minimum Gasteiger partial charge on any atom is -0.388 e. The Hall–Kier alpha value is 0.180. The summed E-state index contributed by atoms with van der Waals surface area (Å²) in [7, 11) is 0. The van der Waals surface area contributed by atoms with E-state index in [2.05, 4.69) is 29.4 Å². The summed E-state index contributed by atoms with van der Waals surface area (Å²) < 4.78 is 0.703. The molecule has 0 rings (SSSR count). The molecule has 1 atom stereocenters. The third-order valence-electron chi connectivity index (χ3n) is 1.69. The van der Waals surface area contributed by atoms with E-state index in [4.69, 9.17) is 0 Å². The molecular weight excluding hydrogens is 204 g/mol. The number of aliphatic hydroxyl groups is 1. The summed E-state index contributed by atoms with van der Waals surface area (Å²) >= 11 is 3.16. The SMILES string of the molecule is C=C(Br)C(O)CCCCCC. The van der Waals surface area contributed by atoms with E-state index >= 15 is 0 Å². The molecule has 0 aromatic heterocycles. The molecule has 1 N–H and O–H groups in total. The van der Waals surface area contributed by atoms with E-state index < -0.39 is 0 Å². The molecule has 2 heteroatoms. The van der Waals surface area contributed by atoms with Gasteiger partial charge < -0.3 is 5.11 Å². The summed E-state index contributed by atoms with van der Waals surface area (Å²) in [5, 5.41) is 9.28. The zero-order chi connectivity index (χ0) is 8.69. The van der Waals surface area contributed by atoms with Crippen LogP contribution in [0.25, 0.3) is 0 Å². The van der Waals surface area contributed by atoms with Gasteiger partial charge in [0.1, 0.15) is 0 Å². The molecular formula is C9H17BrO. The van der Waals surface area contributed by atoms with Crippen molar-refractivity contribution in [3.05, 3.63) is 11.1 Å². The molecule has 0 saturated carbocycles. The third kappa shape index (κ3) is 6.57. The number of aliphatic hydroxyl groups excluding tert-OH is 1. The van der Waals surface area contributed by atoms with Crippen molar-refractivity contribution in [2.75, 3.05) is 0 Å². The van der Waals surface area contributed by atoms with Crippen LogP contribution in [0.1, 0.15) is 39.0 Å². The maximum absolute atomic E-state index is 9.28. The molecule has 0 spiro atoms. The maximum atomic E-state index is 9.28. The highest BCUT2D eigenvalue weighted by Gasteiger charge is 2.03. The van der Waals surface area contributed by atoms with Gasteiger partial charge in [-0.2, -0.15) is 0 Å². The van der Waals surface area contributed by atoms with Gasteiger partial charge in [-0.25, -0.2) is 0 Å². The van der Waals surface area contributed by atoms with Crippen LogP contribution < -0.4 is 0 Å². The highest BCUT2D eigenvalue weighted by molar-refractivity contribution is 9.11. The Balaban J connectivity index is 3.17. The molecule has 0 fully saturated rings. The Morgan fingerprint density at radius 3 is 2.55 bits per heavy atom. The van der Waals surface area contributed by atoms with E-state index in [0.717, 1.165) is 12.8 Å². The van der Waals surface area contributed by atoms with Crippen LogP contribution in [-0.4, -0.2) is 11.2 Å². The number of halogens is 1. The second kappa shape index (κ2) is 6.86. The van der Waals surface area contributed by atoms with Crippen molar-refractivity contribution in [2.24, 2.45) is 0 Å². The van der Waals surface area contributed by atoms with Crippen molar-refractivity contribution in [2.45, 2.75) is 45.1 Å². The Morgan fingerprint density at radius 2 is 2.09 bits per heavy atom. The van der Waals surface area contributed by atoms with Gasteiger partial charge in [0.05, 0.1) is 6.10 Å². The van der Waals surface area contributed by atoms with Crippen LogP contribution in [0.3, 0.4) is 0 Å². The average molecular weight is 221 g/mol. The van der Waals surface area contributed by atoms with E-state index in [1.165, 1.54) is 19.3 Å². The van der Waals surface area contributed by atoms with Gasteiger partial charge in [0.15, 0.2) is 0 Å². The lowest BCUT2D eigenvalue weighted by molar-refractivity contribution is 0.205. The largest absolute Gasteiger partial charge is 0.388 e. The highest BCUT2D eigenvalue weighted by Crippen LogP contribution is 2.14. The van der Waals surface area contributed by atoms with Gasteiger partial charge in [-0.3, -0.25) is 0 Å². The van der Waals surface area contributed by atoms with E-state index in [1.807, 2.05) is 0 Å². The van der Waals surface area contributed by atoms with Gasteiger partial charge in [-0.05, 0) is 6.42 Å². The Morgan fingerprint density at radius 1 is 1.45 bits per heavy atom. The summed E-state index contributed by atoms with van der Waals surface area (Å²) in [4.78, 5) is 0. The molecule has 0 aliphatic heterocycles. The quantitative estimate of drug-likeness (QED) is 0.682. The average Bonchev–Trinajstić information content (AvgIpc) is 1.97. The third-order valence-corrected chi connectivity index (χ3v) is 2.22. The Labute approximate surface area is 77.6 Å². The van der Waals surface area contributed by atoms with Crippen molar-refractivity contribution in [1.82, 2.24) is 0 Å². The monoisotopic (exact) mass is 220 g/mol. The highest BCUT2D eigenvalue weighted by atomic mass is 79.9. The van der Waals surface area contributed by atoms with Crippen molar-refractivity contribution in [3.63, 3.8) is 0 Å². The van der Waals surface area contributed by atoms with Gasteiger partial charge in [-0.1, -0.05) is 55.1 Å². The van der Waals surface area contributed by atoms with Gasteiger partial charge in [0.2, 0.25) is 0 Å². The first kappa shape index (κ1) is 11.2. The lowest BCUT2D eigenvalue weighted by Gasteiger charge is -2.07. The number of hydrogen-bond acceptors (Lipinski definition) is 1. The fourth-order valence-electron chi connectivity index (χ4n) is 0.921. The second-order valence-corrected chi connectivity index (χ2v) is 3.83. The molecule has 66 valence electrons. The van der Waals surface area contributed by atoms with Crippen LogP contribution in [0, 0.1) is 0 Å². The number of hydrogen-bond donors (Lipinski definition) is 1. The van der Waals surface area contributed by atoms with Crippen LogP contribution in [0.15, 0.2) is 11.1 Å². The minimum absolute atomic E-state index is 0.355. The molecule has 0 heterocycles. The molecule has 0 aliphatic rings. The second-order valence-electron chi connectivity index (χ2n) is 2.81. The summed E-state index contributed by atoms with van der Waals surface area (Å²) in [6.07, 6.45) is 5.30. The summed E-state index contributed by atoms with van der Waals surface area (Å²) in [6, 6.07) is 0. The maximum Gasteiger partial charge on any atom is 0.0848 e. The summed E-state index contributed by atoms with van der Waals surface area (Å²) in [6.45, 7) is 5.80. The first-order chi connectivity index (χ1) is 5.18. The fourth-order valence-corrected chi connectivity index (χ4v) is 1.15. The van der Waals surface area contributed by atoms with Crippen LogP contribution in [-0.2, 0) is 0 Å². The van der Waals surface area contributed by atoms with E-state index in [0.29, 0.717) is 4.48 Å². The predicted octanol–water partition coefficient (Wildman–Crippen LogP) is 3.23. The van der Waals surface area contributed by atoms with Crippen LogP contribution in [0.5, 0.6) is 0 Å². The minimum atomic E-state index is -0.355. The number of rotatable bonds is 6. The van der Waals surface area contributed by atoms with Crippen molar-refractivity contribution >= 4 is 15.9 Å². The van der Waals surface area contributed by atoms with Crippen LogP contribution >= 0.6 is 15.9 Å². The normalized spacial score (nSPS) is 13.0. The van der Waals surface area contributed by atoms with Gasteiger partial charge >= 0.3 is 0 Å². The molecule has 0 aromatic carbocycles. The lowest BCUT2D eigenvalue weighted by atomic mass is 10.1. The fraction of sp³-hybridized carbons (Fsp3) is 0.778. The summed E-state index contributed by atoms with van der Waals surface area (Å²) in [5.41, 5.74) is 0. The van der Waals surface area contributed by atoms with Gasteiger partial charge in [-0.15, -0.1) is 0 Å². The van der Waals surface area contributed by atoms with Gasteiger partial charge in [0, 0.05) is 4.48 Å². The molecule has 0 aliphatic carbocycles. The number of unbranched alkanes of at least 4 members (excludes halogenated alkanes) is 3.